The first-order valence-electron chi connectivity index (χ1n) is 8.30. The number of nitrogens with two attached hydrogens (primary N) is 1. The summed E-state index contributed by atoms with van der Waals surface area (Å²) >= 11 is 0. The van der Waals surface area contributed by atoms with E-state index in [0.29, 0.717) is 23.8 Å². The van der Waals surface area contributed by atoms with Crippen LogP contribution in [-0.4, -0.2) is 46.8 Å². The van der Waals surface area contributed by atoms with Crippen molar-refractivity contribution in [3.05, 3.63) is 17.6 Å². The fourth-order valence-corrected chi connectivity index (χ4v) is 3.65. The van der Waals surface area contributed by atoms with Gasteiger partial charge in [-0.2, -0.15) is 0 Å². The average Bonchev–Trinajstić information content (AvgIpc) is 2.56. The predicted molar refractivity (Wildman–Crippen MR) is 98.1 cm³/mol. The number of hydrogen-bond acceptors (Lipinski definition) is 5. The molecule has 1 heterocycles. The third-order valence-electron chi connectivity index (χ3n) is 3.72. The molecule has 0 bridgehead atoms. The molecular formula is C16H28N5O2P. The smallest absolute Gasteiger partial charge is 0.220 e. The van der Waals surface area contributed by atoms with Gasteiger partial charge in [-0.15, -0.1) is 7.92 Å². The first-order valence-corrected chi connectivity index (χ1v) is 10.2. The Bertz CT molecular complexity index is 549. The Labute approximate surface area is 145 Å². The van der Waals surface area contributed by atoms with Gasteiger partial charge in [-0.3, -0.25) is 9.59 Å². The highest BCUT2D eigenvalue weighted by molar-refractivity contribution is 7.57. The molecule has 1 aromatic heterocycles. The normalized spacial score (nSPS) is 10.7. The number of hydrogen-bond donors (Lipinski definition) is 3. The Morgan fingerprint density at radius 1 is 1.17 bits per heavy atom. The third kappa shape index (κ3) is 7.68. The fourth-order valence-electron chi connectivity index (χ4n) is 2.14. The third-order valence-corrected chi connectivity index (χ3v) is 6.36. The Morgan fingerprint density at radius 3 is 2.38 bits per heavy atom. The van der Waals surface area contributed by atoms with Gasteiger partial charge in [-0.25, -0.2) is 9.97 Å². The van der Waals surface area contributed by atoms with Crippen molar-refractivity contribution in [2.45, 2.75) is 40.2 Å². The molecule has 0 saturated heterocycles. The van der Waals surface area contributed by atoms with Gasteiger partial charge < -0.3 is 16.4 Å². The Kier molecular flexibility index (Phi) is 9.23. The zero-order valence-corrected chi connectivity index (χ0v) is 15.7. The molecule has 4 N–H and O–H groups in total. The SMILES string of the molecule is CCP(CC)CCNC(=O)CCC(=O)NCc1cnc(C)nc1N. The van der Waals surface area contributed by atoms with Crippen molar-refractivity contribution in [3.63, 3.8) is 0 Å². The summed E-state index contributed by atoms with van der Waals surface area (Å²) in [4.78, 5) is 31.6. The Morgan fingerprint density at radius 2 is 1.79 bits per heavy atom. The van der Waals surface area contributed by atoms with E-state index in [-0.39, 0.29) is 39.1 Å². The summed E-state index contributed by atoms with van der Waals surface area (Å²) in [6.07, 6.45) is 5.39. The molecule has 8 heteroatoms. The molecule has 24 heavy (non-hydrogen) atoms. The molecule has 1 rings (SSSR count). The summed E-state index contributed by atoms with van der Waals surface area (Å²) in [5, 5.41) is 5.61. The number of nitrogens with one attached hydrogen (secondary N) is 2. The second-order valence-corrected chi connectivity index (χ2v) is 8.54. The minimum Gasteiger partial charge on any atom is -0.383 e. The molecule has 0 aromatic carbocycles. The van der Waals surface area contributed by atoms with Gasteiger partial charge in [0, 0.05) is 37.7 Å². The van der Waals surface area contributed by atoms with Crippen molar-refractivity contribution in [1.82, 2.24) is 20.6 Å². The maximum Gasteiger partial charge on any atom is 0.220 e. The number of nitrogens with zero attached hydrogens (tertiary/aromatic N) is 2. The lowest BCUT2D eigenvalue weighted by atomic mass is 10.2. The van der Waals surface area contributed by atoms with Crippen LogP contribution in [0.3, 0.4) is 0 Å². The molecule has 0 atom stereocenters. The van der Waals surface area contributed by atoms with Crippen molar-refractivity contribution in [1.29, 1.82) is 0 Å². The van der Waals surface area contributed by atoms with Gasteiger partial charge in [-0.1, -0.05) is 13.8 Å². The van der Waals surface area contributed by atoms with Crippen LogP contribution in [0.4, 0.5) is 5.82 Å². The molecule has 0 unspecified atom stereocenters. The van der Waals surface area contributed by atoms with E-state index in [1.54, 1.807) is 13.1 Å². The summed E-state index contributed by atoms with van der Waals surface area (Å²) < 4.78 is 0. The lowest BCUT2D eigenvalue weighted by molar-refractivity contribution is -0.126. The zero-order valence-electron chi connectivity index (χ0n) is 14.8. The Hall–Kier alpha value is -1.75. The maximum atomic E-state index is 11.8. The summed E-state index contributed by atoms with van der Waals surface area (Å²) in [6.45, 7) is 7.09. The van der Waals surface area contributed by atoms with Crippen LogP contribution < -0.4 is 16.4 Å². The van der Waals surface area contributed by atoms with Crippen LogP contribution in [-0.2, 0) is 16.1 Å². The molecule has 0 spiro atoms. The molecule has 0 aliphatic heterocycles. The van der Waals surface area contributed by atoms with Crippen LogP contribution in [0.5, 0.6) is 0 Å². The van der Waals surface area contributed by atoms with Crippen LogP contribution >= 0.6 is 7.92 Å². The highest BCUT2D eigenvalue weighted by Crippen LogP contribution is 2.32. The van der Waals surface area contributed by atoms with Crippen molar-refractivity contribution < 1.29 is 9.59 Å². The van der Waals surface area contributed by atoms with Gasteiger partial charge >= 0.3 is 0 Å². The molecule has 1 aromatic rings. The maximum absolute atomic E-state index is 11.8. The first-order chi connectivity index (χ1) is 11.5. The van der Waals surface area contributed by atoms with E-state index in [1.807, 2.05) is 0 Å². The van der Waals surface area contributed by atoms with Gasteiger partial charge in [0.2, 0.25) is 11.8 Å². The van der Waals surface area contributed by atoms with Crippen molar-refractivity contribution in [2.75, 3.05) is 30.8 Å². The average molecular weight is 353 g/mol. The van der Waals surface area contributed by atoms with Crippen molar-refractivity contribution in [2.24, 2.45) is 0 Å². The zero-order chi connectivity index (χ0) is 17.9. The number of carbonyl (C=O) groups excluding carboxylic acids is 2. The summed E-state index contributed by atoms with van der Waals surface area (Å²) in [6, 6.07) is 0. The molecular weight excluding hydrogens is 325 g/mol. The van der Waals surface area contributed by atoms with Gasteiger partial charge in [0.05, 0.1) is 0 Å². The number of amides is 2. The van der Waals surface area contributed by atoms with Crippen LogP contribution in [0.2, 0.25) is 0 Å². The Balaban J connectivity index is 2.22. The van der Waals surface area contributed by atoms with Crippen LogP contribution in [0.1, 0.15) is 38.1 Å². The molecule has 0 aliphatic rings. The van der Waals surface area contributed by atoms with E-state index >= 15 is 0 Å². The molecule has 2 amide bonds. The molecule has 134 valence electrons. The quantitative estimate of drug-likeness (QED) is 0.551. The van der Waals surface area contributed by atoms with Crippen LogP contribution in [0.25, 0.3) is 0 Å². The van der Waals surface area contributed by atoms with Crippen LogP contribution in [0.15, 0.2) is 6.20 Å². The van der Waals surface area contributed by atoms with Crippen LogP contribution in [0, 0.1) is 6.92 Å². The summed E-state index contributed by atoms with van der Waals surface area (Å²) in [7, 11) is 0.0366. The molecule has 0 radical (unpaired) electrons. The van der Waals surface area contributed by atoms with Gasteiger partial charge in [0.15, 0.2) is 0 Å². The first kappa shape index (κ1) is 20.3. The second kappa shape index (κ2) is 10.9. The molecule has 0 saturated carbocycles. The lowest BCUT2D eigenvalue weighted by Gasteiger charge is -2.13. The monoisotopic (exact) mass is 353 g/mol. The minimum absolute atomic E-state index is 0.0366. The van der Waals surface area contributed by atoms with E-state index < -0.39 is 0 Å². The van der Waals surface area contributed by atoms with Gasteiger partial charge in [-0.05, 0) is 25.4 Å². The number of aryl methyl sites for hydroxylation is 1. The number of carbonyl (C=O) groups is 2. The standard InChI is InChI=1S/C16H28N5O2P/c1-4-24(5-2)9-8-18-14(22)6-7-15(23)20-11-13-10-19-12(3)21-16(13)17/h10H,4-9,11H2,1-3H3,(H,18,22)(H,20,23)(H2,17,19,21). The van der Waals surface area contributed by atoms with E-state index in [2.05, 4.69) is 34.4 Å². The summed E-state index contributed by atoms with van der Waals surface area (Å²) in [5.41, 5.74) is 6.44. The number of aromatic nitrogens is 2. The van der Waals surface area contributed by atoms with E-state index in [1.165, 1.54) is 12.3 Å². The second-order valence-electron chi connectivity index (χ2n) is 5.48. The summed E-state index contributed by atoms with van der Waals surface area (Å²) in [5.74, 6) is 0.693. The van der Waals surface area contributed by atoms with E-state index in [9.17, 15) is 9.59 Å². The fraction of sp³-hybridized carbons (Fsp3) is 0.625. The molecule has 0 fully saturated rings. The van der Waals surface area contributed by atoms with Crippen molar-refractivity contribution >= 4 is 25.6 Å². The molecule has 0 aliphatic carbocycles. The number of nitrogen functional groups attached to an aromatic ring is 1. The molecule has 7 nitrogen and oxygen atoms in total. The topological polar surface area (TPSA) is 110 Å². The lowest BCUT2D eigenvalue weighted by Crippen LogP contribution is -2.29. The van der Waals surface area contributed by atoms with Crippen molar-refractivity contribution in [3.8, 4) is 0 Å². The van der Waals surface area contributed by atoms with E-state index in [4.69, 9.17) is 5.73 Å². The van der Waals surface area contributed by atoms with Gasteiger partial charge in [0.25, 0.3) is 0 Å². The highest BCUT2D eigenvalue weighted by Gasteiger charge is 2.09. The highest BCUT2D eigenvalue weighted by atomic mass is 31.1. The minimum atomic E-state index is -0.186. The number of anilines is 1. The largest absolute Gasteiger partial charge is 0.383 e. The van der Waals surface area contributed by atoms with E-state index in [0.717, 1.165) is 6.16 Å². The predicted octanol–water partition coefficient (Wildman–Crippen LogP) is 1.40. The number of rotatable bonds is 10. The van der Waals surface area contributed by atoms with Gasteiger partial charge in [0.1, 0.15) is 11.6 Å².